The van der Waals surface area contributed by atoms with Crippen molar-refractivity contribution < 1.29 is 26.7 Å². The number of hydrogen-bond donors (Lipinski definition) is 3. The Morgan fingerprint density at radius 3 is 2.18 bits per heavy atom. The topological polar surface area (TPSA) is 94.0 Å². The molecular formula is C17H33F3N4O3S. The fourth-order valence-electron chi connectivity index (χ4n) is 3.29. The number of piperidine rings is 1. The molecule has 0 aromatic heterocycles. The van der Waals surface area contributed by atoms with E-state index in [1.165, 1.54) is 0 Å². The fraction of sp³-hybridized carbons (Fsp3) is 0.941. The Morgan fingerprint density at radius 1 is 1.18 bits per heavy atom. The molecule has 0 radical (unpaired) electrons. The van der Waals surface area contributed by atoms with Crippen LogP contribution in [0.15, 0.2) is 4.99 Å². The molecule has 0 amide bonds. The normalized spacial score (nSPS) is 18.3. The van der Waals surface area contributed by atoms with Crippen molar-refractivity contribution in [2.45, 2.75) is 64.4 Å². The summed E-state index contributed by atoms with van der Waals surface area (Å²) >= 11 is 0. The number of nitrogens with one attached hydrogen (secondary N) is 2. The molecule has 3 N–H and O–H groups in total. The van der Waals surface area contributed by atoms with Gasteiger partial charge in [0.1, 0.15) is 0 Å². The van der Waals surface area contributed by atoms with Crippen LogP contribution in [0.4, 0.5) is 13.2 Å². The van der Waals surface area contributed by atoms with Crippen molar-refractivity contribution in [3.8, 4) is 0 Å². The first kappa shape index (κ1) is 25.0. The van der Waals surface area contributed by atoms with Crippen molar-refractivity contribution in [3.63, 3.8) is 0 Å². The summed E-state index contributed by atoms with van der Waals surface area (Å²) in [5, 5.41) is 15.7. The number of halogens is 3. The van der Waals surface area contributed by atoms with Crippen molar-refractivity contribution in [1.29, 1.82) is 0 Å². The third kappa shape index (κ3) is 6.48. The molecule has 0 saturated carbocycles. The number of hydrogen-bond acceptors (Lipinski definition) is 4. The van der Waals surface area contributed by atoms with Gasteiger partial charge in [0.2, 0.25) is 0 Å². The lowest BCUT2D eigenvalue weighted by Gasteiger charge is -2.33. The molecule has 1 aliphatic rings. The number of aliphatic hydroxyl groups is 1. The predicted octanol–water partition coefficient (Wildman–Crippen LogP) is 2.04. The first-order valence-corrected chi connectivity index (χ1v) is 11.2. The maximum Gasteiger partial charge on any atom is 0.511 e. The third-order valence-corrected chi connectivity index (χ3v) is 7.12. The van der Waals surface area contributed by atoms with Gasteiger partial charge in [0, 0.05) is 38.8 Å². The first-order chi connectivity index (χ1) is 13.0. The Kier molecular flexibility index (Phi) is 9.48. The van der Waals surface area contributed by atoms with E-state index in [0.717, 1.165) is 12.8 Å². The maximum absolute atomic E-state index is 12.7. The van der Waals surface area contributed by atoms with Crippen LogP contribution in [0.25, 0.3) is 0 Å². The van der Waals surface area contributed by atoms with Crippen LogP contribution in [0.1, 0.15) is 52.9 Å². The Labute approximate surface area is 165 Å². The van der Waals surface area contributed by atoms with E-state index in [1.807, 2.05) is 6.92 Å². The van der Waals surface area contributed by atoms with Crippen molar-refractivity contribution in [1.82, 2.24) is 14.9 Å². The number of rotatable bonds is 9. The van der Waals surface area contributed by atoms with Gasteiger partial charge in [-0.2, -0.15) is 17.5 Å². The molecule has 0 aromatic carbocycles. The second-order valence-corrected chi connectivity index (χ2v) is 9.07. The van der Waals surface area contributed by atoms with Gasteiger partial charge in [-0.25, -0.2) is 8.42 Å². The van der Waals surface area contributed by atoms with E-state index in [0.29, 0.717) is 29.8 Å². The van der Waals surface area contributed by atoms with E-state index >= 15 is 0 Å². The molecule has 1 aliphatic heterocycles. The van der Waals surface area contributed by atoms with E-state index in [1.54, 1.807) is 0 Å². The Balaban J connectivity index is 2.74. The van der Waals surface area contributed by atoms with E-state index in [9.17, 15) is 26.7 Å². The van der Waals surface area contributed by atoms with Gasteiger partial charge in [-0.3, -0.25) is 4.99 Å². The lowest BCUT2D eigenvalue weighted by Crippen LogP contribution is -2.51. The van der Waals surface area contributed by atoms with Crippen LogP contribution in [-0.4, -0.2) is 68.1 Å². The van der Waals surface area contributed by atoms with Gasteiger partial charge in [0.25, 0.3) is 0 Å². The molecule has 1 fully saturated rings. The summed E-state index contributed by atoms with van der Waals surface area (Å²) in [6.45, 7) is 6.91. The summed E-state index contributed by atoms with van der Waals surface area (Å²) in [6, 6.07) is -0.159. The summed E-state index contributed by atoms with van der Waals surface area (Å²) in [6.07, 6.45) is 2.93. The standard InChI is InChI=1S/C17H33F3N4O3S/c1-4-16(5-2,9-12-25)13-22-15(21-6-3)23-14-7-10-24(11-8-14)28(26,27)17(18,19)20/h14,25H,4-13H2,1-3H3,(H2,21,22,23). The Hall–Kier alpha value is -1.07. The molecule has 166 valence electrons. The average molecular weight is 431 g/mol. The zero-order valence-electron chi connectivity index (χ0n) is 16.8. The smallest absolute Gasteiger partial charge is 0.396 e. The van der Waals surface area contributed by atoms with Crippen molar-refractivity contribution >= 4 is 16.0 Å². The van der Waals surface area contributed by atoms with Crippen LogP contribution in [0.5, 0.6) is 0 Å². The van der Waals surface area contributed by atoms with Crippen LogP contribution in [-0.2, 0) is 10.0 Å². The minimum Gasteiger partial charge on any atom is -0.396 e. The Bertz CT molecular complexity index is 599. The van der Waals surface area contributed by atoms with Gasteiger partial charge in [-0.1, -0.05) is 13.8 Å². The molecule has 1 rings (SSSR count). The number of nitrogens with zero attached hydrogens (tertiary/aromatic N) is 2. The van der Waals surface area contributed by atoms with Crippen LogP contribution in [0.3, 0.4) is 0 Å². The van der Waals surface area contributed by atoms with Crippen LogP contribution >= 0.6 is 0 Å². The molecular weight excluding hydrogens is 397 g/mol. The second-order valence-electron chi connectivity index (χ2n) is 7.14. The van der Waals surface area contributed by atoms with Crippen molar-refractivity contribution in [2.75, 3.05) is 32.8 Å². The van der Waals surface area contributed by atoms with Gasteiger partial charge in [0.15, 0.2) is 5.96 Å². The molecule has 11 heteroatoms. The molecule has 0 aliphatic carbocycles. The number of aliphatic hydroxyl groups excluding tert-OH is 1. The first-order valence-electron chi connectivity index (χ1n) is 9.77. The van der Waals surface area contributed by atoms with E-state index in [-0.39, 0.29) is 44.0 Å². The molecule has 0 atom stereocenters. The number of guanidine groups is 1. The minimum absolute atomic E-state index is 0.0906. The molecule has 0 bridgehead atoms. The molecule has 28 heavy (non-hydrogen) atoms. The van der Waals surface area contributed by atoms with E-state index < -0.39 is 15.5 Å². The molecule has 0 aromatic rings. The van der Waals surface area contributed by atoms with Crippen LogP contribution in [0, 0.1) is 5.41 Å². The number of aliphatic imine (C=N–C) groups is 1. The third-order valence-electron chi connectivity index (χ3n) is 5.49. The number of sulfonamides is 1. The quantitative estimate of drug-likeness (QED) is 0.385. The summed E-state index contributed by atoms with van der Waals surface area (Å²) in [5.74, 6) is 0.559. The molecule has 1 saturated heterocycles. The fourth-order valence-corrected chi connectivity index (χ4v) is 4.27. The SMILES string of the molecule is CCNC(=NCC(CC)(CC)CCO)NC1CCN(S(=O)(=O)C(F)(F)F)CC1. The average Bonchev–Trinajstić information content (AvgIpc) is 2.65. The minimum atomic E-state index is -5.27. The largest absolute Gasteiger partial charge is 0.511 e. The van der Waals surface area contributed by atoms with Crippen LogP contribution in [0.2, 0.25) is 0 Å². The van der Waals surface area contributed by atoms with Gasteiger partial charge < -0.3 is 15.7 Å². The van der Waals surface area contributed by atoms with Crippen molar-refractivity contribution in [2.24, 2.45) is 10.4 Å². The second kappa shape index (κ2) is 10.6. The summed E-state index contributed by atoms with van der Waals surface area (Å²) in [7, 11) is -5.27. The Morgan fingerprint density at radius 2 is 1.75 bits per heavy atom. The highest BCUT2D eigenvalue weighted by Gasteiger charge is 2.50. The monoisotopic (exact) mass is 430 g/mol. The van der Waals surface area contributed by atoms with E-state index in [4.69, 9.17) is 0 Å². The summed E-state index contributed by atoms with van der Waals surface area (Å²) in [5.41, 5.74) is -5.36. The zero-order valence-corrected chi connectivity index (χ0v) is 17.7. The van der Waals surface area contributed by atoms with E-state index in [2.05, 4.69) is 29.5 Å². The number of alkyl halides is 3. The highest BCUT2D eigenvalue weighted by atomic mass is 32.2. The molecule has 7 nitrogen and oxygen atoms in total. The molecule has 0 spiro atoms. The van der Waals surface area contributed by atoms with Crippen molar-refractivity contribution in [3.05, 3.63) is 0 Å². The lowest BCUT2D eigenvalue weighted by atomic mass is 9.79. The summed E-state index contributed by atoms with van der Waals surface area (Å²) in [4.78, 5) is 4.62. The molecule has 0 unspecified atom stereocenters. The van der Waals surface area contributed by atoms with Gasteiger partial charge >= 0.3 is 15.5 Å². The zero-order chi connectivity index (χ0) is 21.4. The van der Waals surface area contributed by atoms with Gasteiger partial charge in [-0.15, -0.1) is 0 Å². The highest BCUT2D eigenvalue weighted by molar-refractivity contribution is 7.90. The highest BCUT2D eigenvalue weighted by Crippen LogP contribution is 2.31. The lowest BCUT2D eigenvalue weighted by molar-refractivity contribution is -0.0494. The van der Waals surface area contributed by atoms with Crippen LogP contribution < -0.4 is 10.6 Å². The van der Waals surface area contributed by atoms with Gasteiger partial charge in [-0.05, 0) is 44.4 Å². The maximum atomic E-state index is 12.7. The molecule has 1 heterocycles. The summed E-state index contributed by atoms with van der Waals surface area (Å²) < 4.78 is 61.5. The van der Waals surface area contributed by atoms with Gasteiger partial charge in [0.05, 0.1) is 0 Å². The predicted molar refractivity (Wildman–Crippen MR) is 103 cm³/mol.